The Morgan fingerprint density at radius 1 is 1.50 bits per heavy atom. The van der Waals surface area contributed by atoms with E-state index in [1.54, 1.807) is 25.2 Å². The first-order valence-electron chi connectivity index (χ1n) is 6.38. The lowest BCUT2D eigenvalue weighted by Gasteiger charge is -2.13. The summed E-state index contributed by atoms with van der Waals surface area (Å²) in [6.07, 6.45) is 0.740. The molecule has 0 aliphatic carbocycles. The van der Waals surface area contributed by atoms with Gasteiger partial charge in [0, 0.05) is 16.1 Å². The van der Waals surface area contributed by atoms with Gasteiger partial charge in [-0.05, 0) is 25.3 Å². The smallest absolute Gasteiger partial charge is 0.256 e. The molecule has 108 valence electrons. The fourth-order valence-corrected chi connectivity index (χ4v) is 2.42. The summed E-state index contributed by atoms with van der Waals surface area (Å²) in [5.74, 6) is 0. The molecule has 2 heterocycles. The van der Waals surface area contributed by atoms with Crippen molar-refractivity contribution in [2.45, 2.75) is 33.1 Å². The highest BCUT2D eigenvalue weighted by Gasteiger charge is 2.09. The molecule has 0 spiro atoms. The SMILES string of the molecule is Cc1ncn(CC(O)COCc2cccs2)c(=O)c1C. The highest BCUT2D eigenvalue weighted by atomic mass is 32.1. The van der Waals surface area contributed by atoms with Crippen molar-refractivity contribution in [2.75, 3.05) is 6.61 Å². The zero-order chi connectivity index (χ0) is 14.5. The average Bonchev–Trinajstić information content (AvgIpc) is 2.93. The number of aliphatic hydroxyl groups excluding tert-OH is 1. The third-order valence-corrected chi connectivity index (χ3v) is 3.91. The molecular formula is C14H18N2O3S. The Hall–Kier alpha value is -1.50. The fourth-order valence-electron chi connectivity index (χ4n) is 1.78. The van der Waals surface area contributed by atoms with Crippen LogP contribution < -0.4 is 5.56 Å². The second-order valence-corrected chi connectivity index (χ2v) is 5.69. The molecule has 0 aliphatic heterocycles. The minimum Gasteiger partial charge on any atom is -0.389 e. The summed E-state index contributed by atoms with van der Waals surface area (Å²) in [5.41, 5.74) is 1.21. The van der Waals surface area contributed by atoms with Crippen LogP contribution in [0.15, 0.2) is 28.6 Å². The molecule has 2 aromatic rings. The highest BCUT2D eigenvalue weighted by molar-refractivity contribution is 7.09. The molecule has 0 aliphatic rings. The number of aryl methyl sites for hydroxylation is 1. The standard InChI is InChI=1S/C14H18N2O3S/c1-10-11(2)15-9-16(14(10)18)6-12(17)7-19-8-13-4-3-5-20-13/h3-5,9,12,17H,6-8H2,1-2H3. The number of thiophene rings is 1. The maximum absolute atomic E-state index is 12.0. The third-order valence-electron chi connectivity index (χ3n) is 3.06. The van der Waals surface area contributed by atoms with Crippen LogP contribution in [0, 0.1) is 13.8 Å². The van der Waals surface area contributed by atoms with Crippen LogP contribution in [0.3, 0.4) is 0 Å². The Morgan fingerprint density at radius 3 is 3.00 bits per heavy atom. The van der Waals surface area contributed by atoms with Crippen molar-refractivity contribution in [3.63, 3.8) is 0 Å². The van der Waals surface area contributed by atoms with Crippen LogP contribution in [-0.4, -0.2) is 27.4 Å². The van der Waals surface area contributed by atoms with E-state index in [0.29, 0.717) is 12.2 Å². The Kier molecular flexibility index (Phi) is 5.05. The van der Waals surface area contributed by atoms with E-state index >= 15 is 0 Å². The molecule has 0 bridgehead atoms. The highest BCUT2D eigenvalue weighted by Crippen LogP contribution is 2.09. The van der Waals surface area contributed by atoms with Gasteiger partial charge in [0.05, 0.1) is 32.2 Å². The number of nitrogens with zero attached hydrogens (tertiary/aromatic N) is 2. The molecule has 0 radical (unpaired) electrons. The number of hydrogen-bond donors (Lipinski definition) is 1. The maximum atomic E-state index is 12.0. The van der Waals surface area contributed by atoms with Gasteiger partial charge in [-0.15, -0.1) is 11.3 Å². The van der Waals surface area contributed by atoms with Gasteiger partial charge in [-0.2, -0.15) is 0 Å². The summed E-state index contributed by atoms with van der Waals surface area (Å²) in [4.78, 5) is 17.2. The molecule has 20 heavy (non-hydrogen) atoms. The number of rotatable bonds is 6. The van der Waals surface area contributed by atoms with Gasteiger partial charge in [-0.25, -0.2) is 4.98 Å². The molecule has 6 heteroatoms. The van der Waals surface area contributed by atoms with Crippen molar-refractivity contribution < 1.29 is 9.84 Å². The molecule has 1 atom stereocenters. The molecule has 2 rings (SSSR count). The van der Waals surface area contributed by atoms with Gasteiger partial charge in [0.15, 0.2) is 0 Å². The van der Waals surface area contributed by atoms with E-state index in [1.807, 2.05) is 17.5 Å². The zero-order valence-electron chi connectivity index (χ0n) is 11.6. The first-order valence-corrected chi connectivity index (χ1v) is 7.26. The first-order chi connectivity index (χ1) is 9.58. The summed E-state index contributed by atoms with van der Waals surface area (Å²) in [6.45, 7) is 4.39. The van der Waals surface area contributed by atoms with E-state index in [1.165, 1.54) is 10.9 Å². The van der Waals surface area contributed by atoms with Gasteiger partial charge in [-0.3, -0.25) is 9.36 Å². The quantitative estimate of drug-likeness (QED) is 0.877. The van der Waals surface area contributed by atoms with Crippen LogP contribution in [0.25, 0.3) is 0 Å². The molecule has 2 aromatic heterocycles. The van der Waals surface area contributed by atoms with Crippen LogP contribution in [0.5, 0.6) is 0 Å². The Balaban J connectivity index is 1.87. The molecule has 1 N–H and O–H groups in total. The first kappa shape index (κ1) is 14.9. The van der Waals surface area contributed by atoms with Crippen LogP contribution in [0.4, 0.5) is 0 Å². The summed E-state index contributed by atoms with van der Waals surface area (Å²) in [7, 11) is 0. The predicted molar refractivity (Wildman–Crippen MR) is 78.0 cm³/mol. The number of ether oxygens (including phenoxy) is 1. The Labute approximate surface area is 121 Å². The van der Waals surface area contributed by atoms with Crippen molar-refractivity contribution >= 4 is 11.3 Å². The van der Waals surface area contributed by atoms with Gasteiger partial charge < -0.3 is 9.84 Å². The van der Waals surface area contributed by atoms with Crippen molar-refractivity contribution in [2.24, 2.45) is 0 Å². The van der Waals surface area contributed by atoms with Gasteiger partial charge in [-0.1, -0.05) is 6.07 Å². The lowest BCUT2D eigenvalue weighted by atomic mass is 10.2. The Morgan fingerprint density at radius 2 is 2.30 bits per heavy atom. The second-order valence-electron chi connectivity index (χ2n) is 4.66. The molecule has 0 amide bonds. The van der Waals surface area contributed by atoms with Crippen molar-refractivity contribution in [3.8, 4) is 0 Å². The second kappa shape index (κ2) is 6.78. The van der Waals surface area contributed by atoms with E-state index in [-0.39, 0.29) is 18.7 Å². The Bertz CT molecular complexity index is 607. The summed E-state index contributed by atoms with van der Waals surface area (Å²) >= 11 is 1.61. The third kappa shape index (κ3) is 3.75. The molecule has 5 nitrogen and oxygen atoms in total. The molecule has 0 fully saturated rings. The lowest BCUT2D eigenvalue weighted by Crippen LogP contribution is -2.31. The number of aliphatic hydroxyl groups is 1. The van der Waals surface area contributed by atoms with Gasteiger partial charge in [0.1, 0.15) is 0 Å². The maximum Gasteiger partial charge on any atom is 0.256 e. The van der Waals surface area contributed by atoms with Crippen LogP contribution in [0.1, 0.15) is 16.1 Å². The van der Waals surface area contributed by atoms with Crippen LogP contribution in [-0.2, 0) is 17.9 Å². The van der Waals surface area contributed by atoms with Gasteiger partial charge in [0.2, 0.25) is 0 Å². The normalized spacial score (nSPS) is 12.6. The van der Waals surface area contributed by atoms with Gasteiger partial charge in [0.25, 0.3) is 5.56 Å². The van der Waals surface area contributed by atoms with E-state index in [9.17, 15) is 9.90 Å². The topological polar surface area (TPSA) is 64.3 Å². The van der Waals surface area contributed by atoms with E-state index in [2.05, 4.69) is 4.98 Å². The van der Waals surface area contributed by atoms with E-state index in [4.69, 9.17) is 4.74 Å². The number of aromatic nitrogens is 2. The van der Waals surface area contributed by atoms with E-state index < -0.39 is 6.10 Å². The summed E-state index contributed by atoms with van der Waals surface area (Å²) in [6, 6.07) is 3.94. The molecule has 1 unspecified atom stereocenters. The van der Waals surface area contributed by atoms with E-state index in [0.717, 1.165) is 10.6 Å². The monoisotopic (exact) mass is 294 g/mol. The van der Waals surface area contributed by atoms with Crippen LogP contribution in [0.2, 0.25) is 0 Å². The summed E-state index contributed by atoms with van der Waals surface area (Å²) in [5, 5.41) is 11.9. The molecule has 0 saturated heterocycles. The van der Waals surface area contributed by atoms with Crippen molar-refractivity contribution in [1.82, 2.24) is 9.55 Å². The molecule has 0 aromatic carbocycles. The van der Waals surface area contributed by atoms with Crippen molar-refractivity contribution in [3.05, 3.63) is 50.3 Å². The minimum atomic E-state index is -0.725. The lowest BCUT2D eigenvalue weighted by molar-refractivity contribution is 0.0206. The minimum absolute atomic E-state index is 0.116. The summed E-state index contributed by atoms with van der Waals surface area (Å²) < 4.78 is 6.85. The van der Waals surface area contributed by atoms with Gasteiger partial charge >= 0.3 is 0 Å². The largest absolute Gasteiger partial charge is 0.389 e. The molecular weight excluding hydrogens is 276 g/mol. The predicted octanol–water partition coefficient (Wildman–Crippen LogP) is 1.50. The zero-order valence-corrected chi connectivity index (χ0v) is 12.4. The molecule has 0 saturated carbocycles. The van der Waals surface area contributed by atoms with Crippen LogP contribution >= 0.6 is 11.3 Å². The number of hydrogen-bond acceptors (Lipinski definition) is 5. The van der Waals surface area contributed by atoms with Crippen molar-refractivity contribution in [1.29, 1.82) is 0 Å². The average molecular weight is 294 g/mol. The fraction of sp³-hybridized carbons (Fsp3) is 0.429.